The van der Waals surface area contributed by atoms with Gasteiger partial charge in [0, 0.05) is 0 Å². The second-order valence-corrected chi connectivity index (χ2v) is 3.47. The van der Waals surface area contributed by atoms with Crippen molar-refractivity contribution in [2.24, 2.45) is 0 Å². The van der Waals surface area contributed by atoms with Gasteiger partial charge in [-0.05, 0) is 13.8 Å². The monoisotopic (exact) mass is 290 g/mol. The van der Waals surface area contributed by atoms with Gasteiger partial charge >= 0.3 is 23.5 Å². The quantitative estimate of drug-likeness (QED) is 0.213. The van der Waals surface area contributed by atoms with Crippen LogP contribution in [-0.4, -0.2) is 57.5 Å². The van der Waals surface area contributed by atoms with Gasteiger partial charge in [-0.15, -0.1) is 0 Å². The Morgan fingerprint density at radius 2 is 0.950 bits per heavy atom. The molecule has 110 valence electrons. The number of hydrogen-bond donors (Lipinski definition) is 2. The zero-order chi connectivity index (χ0) is 16.0. The Morgan fingerprint density at radius 1 is 0.700 bits per heavy atom. The lowest BCUT2D eigenvalue weighted by Crippen LogP contribution is -2.37. The van der Waals surface area contributed by atoms with Crippen molar-refractivity contribution < 1.29 is 48.8 Å². The third-order valence-corrected chi connectivity index (χ3v) is 1.92. The molecule has 2 atom stereocenters. The zero-order valence-electron chi connectivity index (χ0n) is 10.3. The summed E-state index contributed by atoms with van der Waals surface area (Å²) >= 11 is 0. The van der Waals surface area contributed by atoms with Gasteiger partial charge in [0.25, 0.3) is 0 Å². The number of aliphatic carboxylic acids is 2. The van der Waals surface area contributed by atoms with Crippen molar-refractivity contribution >= 4 is 35.1 Å². The number of carboxylic acid groups (broad SMARTS) is 2. The van der Waals surface area contributed by atoms with E-state index in [1.54, 1.807) is 0 Å². The number of carbonyl (C=O) groups excluding carboxylic acids is 4. The highest BCUT2D eigenvalue weighted by molar-refractivity contribution is 6.63. The van der Waals surface area contributed by atoms with Gasteiger partial charge in [0.2, 0.25) is 11.6 Å². The van der Waals surface area contributed by atoms with E-state index < -0.39 is 47.3 Å². The average molecular weight is 290 g/mol. The van der Waals surface area contributed by atoms with Crippen LogP contribution in [0.15, 0.2) is 0 Å². The maximum Gasteiger partial charge on any atom is 0.380 e. The highest BCUT2D eigenvalue weighted by Crippen LogP contribution is 2.02. The second kappa shape index (κ2) is 7.21. The molecule has 0 aliphatic carbocycles. The van der Waals surface area contributed by atoms with Crippen molar-refractivity contribution in [3.63, 3.8) is 0 Å². The molecule has 0 saturated heterocycles. The molecule has 0 aromatic heterocycles. The summed E-state index contributed by atoms with van der Waals surface area (Å²) in [5, 5.41) is 16.5. The summed E-state index contributed by atoms with van der Waals surface area (Å²) in [5.41, 5.74) is 0. The SMILES string of the molecule is CC(OOC(C)C(=O)C(=O)C(=O)O)C(=O)C(=O)C(=O)O. The molecule has 2 unspecified atom stereocenters. The largest absolute Gasteiger partial charge is 0.475 e. The Morgan fingerprint density at radius 3 is 1.15 bits per heavy atom. The maximum absolute atomic E-state index is 11.1. The summed E-state index contributed by atoms with van der Waals surface area (Å²) < 4.78 is 0. The van der Waals surface area contributed by atoms with E-state index in [4.69, 9.17) is 10.2 Å². The lowest BCUT2D eigenvalue weighted by atomic mass is 10.2. The first-order chi connectivity index (χ1) is 9.09. The molecule has 10 heteroatoms. The van der Waals surface area contributed by atoms with Gasteiger partial charge < -0.3 is 10.2 Å². The maximum atomic E-state index is 11.1. The molecule has 0 fully saturated rings. The molecule has 0 aromatic carbocycles. The van der Waals surface area contributed by atoms with Gasteiger partial charge in [-0.3, -0.25) is 19.2 Å². The summed E-state index contributed by atoms with van der Waals surface area (Å²) in [6.45, 7) is 1.94. The number of rotatable bonds is 9. The zero-order valence-corrected chi connectivity index (χ0v) is 10.3. The van der Waals surface area contributed by atoms with Crippen LogP contribution in [0.25, 0.3) is 0 Å². The van der Waals surface area contributed by atoms with Crippen LogP contribution in [-0.2, 0) is 38.5 Å². The van der Waals surface area contributed by atoms with E-state index >= 15 is 0 Å². The van der Waals surface area contributed by atoms with Crippen LogP contribution in [0.3, 0.4) is 0 Å². The Bertz CT molecular complexity index is 432. The van der Waals surface area contributed by atoms with Crippen LogP contribution < -0.4 is 0 Å². The summed E-state index contributed by atoms with van der Waals surface area (Å²) in [5.74, 6) is -10.4. The van der Waals surface area contributed by atoms with Gasteiger partial charge in [-0.2, -0.15) is 0 Å². The average Bonchev–Trinajstić information content (AvgIpc) is 2.40. The first-order valence-corrected chi connectivity index (χ1v) is 5.04. The lowest BCUT2D eigenvalue weighted by molar-refractivity contribution is -0.327. The van der Waals surface area contributed by atoms with Crippen LogP contribution in [0.2, 0.25) is 0 Å². The molecule has 0 bridgehead atoms. The van der Waals surface area contributed by atoms with Crippen molar-refractivity contribution in [1.29, 1.82) is 0 Å². The van der Waals surface area contributed by atoms with Gasteiger partial charge in [0.15, 0.2) is 12.2 Å². The van der Waals surface area contributed by atoms with Gasteiger partial charge in [-0.1, -0.05) is 0 Å². The topological polar surface area (TPSA) is 161 Å². The number of carbonyl (C=O) groups is 6. The fraction of sp³-hybridized carbons (Fsp3) is 0.400. The third kappa shape index (κ3) is 4.66. The van der Waals surface area contributed by atoms with Gasteiger partial charge in [0.1, 0.15) is 0 Å². The molecule has 0 rings (SSSR count). The predicted molar refractivity (Wildman–Crippen MR) is 56.4 cm³/mol. The van der Waals surface area contributed by atoms with Crippen LogP contribution >= 0.6 is 0 Å². The molecule has 0 radical (unpaired) electrons. The Balaban J connectivity index is 4.49. The molecule has 20 heavy (non-hydrogen) atoms. The molecule has 2 N–H and O–H groups in total. The van der Waals surface area contributed by atoms with Crippen molar-refractivity contribution in [1.82, 2.24) is 0 Å². The normalized spacial score (nSPS) is 13.1. The summed E-state index contributed by atoms with van der Waals surface area (Å²) in [6.07, 6.45) is -3.29. The van der Waals surface area contributed by atoms with E-state index in [0.29, 0.717) is 0 Å². The van der Waals surface area contributed by atoms with Crippen LogP contribution in [0.4, 0.5) is 0 Å². The first-order valence-electron chi connectivity index (χ1n) is 5.04. The number of Topliss-reactive ketones (excluding diaryl/α,β-unsaturated/α-hetero) is 4. The van der Waals surface area contributed by atoms with E-state index in [1.807, 2.05) is 0 Å². The molecule has 10 nitrogen and oxygen atoms in total. The van der Waals surface area contributed by atoms with Crippen molar-refractivity contribution in [2.75, 3.05) is 0 Å². The van der Waals surface area contributed by atoms with Crippen molar-refractivity contribution in [3.8, 4) is 0 Å². The van der Waals surface area contributed by atoms with Crippen LogP contribution in [0.1, 0.15) is 13.8 Å². The van der Waals surface area contributed by atoms with E-state index in [-0.39, 0.29) is 0 Å². The smallest absolute Gasteiger partial charge is 0.380 e. The fourth-order valence-electron chi connectivity index (χ4n) is 0.834. The molecule has 0 heterocycles. The summed E-state index contributed by atoms with van der Waals surface area (Å²) in [7, 11) is 0. The van der Waals surface area contributed by atoms with Crippen LogP contribution in [0.5, 0.6) is 0 Å². The van der Waals surface area contributed by atoms with Crippen molar-refractivity contribution in [3.05, 3.63) is 0 Å². The van der Waals surface area contributed by atoms with E-state index in [9.17, 15) is 28.8 Å². The van der Waals surface area contributed by atoms with E-state index in [0.717, 1.165) is 13.8 Å². The second-order valence-electron chi connectivity index (χ2n) is 3.47. The standard InChI is InChI=1S/C10H10O10/c1-3(5(11)7(13)9(15)16)19-20-4(2)6(12)8(14)10(17)18/h3-4H,1-2H3,(H,15,16)(H,17,18). The van der Waals surface area contributed by atoms with E-state index in [2.05, 4.69) is 9.78 Å². The Hall–Kier alpha value is -2.46. The summed E-state index contributed by atoms with van der Waals surface area (Å²) in [4.78, 5) is 72.8. The molecular formula is C10H10O10. The summed E-state index contributed by atoms with van der Waals surface area (Å²) in [6, 6.07) is 0. The molecule has 0 saturated carbocycles. The van der Waals surface area contributed by atoms with Gasteiger partial charge in [0.05, 0.1) is 0 Å². The van der Waals surface area contributed by atoms with Crippen LogP contribution in [0, 0.1) is 0 Å². The predicted octanol–water partition coefficient (Wildman–Crippen LogP) is -1.84. The van der Waals surface area contributed by atoms with Gasteiger partial charge in [-0.25, -0.2) is 19.4 Å². The highest BCUT2D eigenvalue weighted by atomic mass is 17.2. The Labute approximate surface area is 111 Å². The van der Waals surface area contributed by atoms with E-state index in [1.165, 1.54) is 0 Å². The minimum absolute atomic E-state index is 0.972. The molecule has 0 aliphatic heterocycles. The molecule has 0 aromatic rings. The number of carboxylic acids is 2. The minimum Gasteiger partial charge on any atom is -0.475 e. The molecule has 0 amide bonds. The Kier molecular flexibility index (Phi) is 6.32. The highest BCUT2D eigenvalue weighted by Gasteiger charge is 2.32. The van der Waals surface area contributed by atoms with Crippen molar-refractivity contribution in [2.45, 2.75) is 26.1 Å². The minimum atomic E-state index is -1.99. The third-order valence-electron chi connectivity index (χ3n) is 1.92. The lowest BCUT2D eigenvalue weighted by Gasteiger charge is -2.12. The fourth-order valence-corrected chi connectivity index (χ4v) is 0.834. The first kappa shape index (κ1) is 17.5. The number of ketones is 4. The number of hydrogen-bond acceptors (Lipinski definition) is 8. The molecular weight excluding hydrogens is 280 g/mol. The molecule has 0 spiro atoms. The molecule has 0 aliphatic rings.